The minimum absolute atomic E-state index is 0.0392. The van der Waals surface area contributed by atoms with Crippen LogP contribution in [0.5, 0.6) is 0 Å². The predicted octanol–water partition coefficient (Wildman–Crippen LogP) is 2.13. The van der Waals surface area contributed by atoms with Gasteiger partial charge in [0.1, 0.15) is 0 Å². The Bertz CT molecular complexity index is 676. The Morgan fingerprint density at radius 2 is 2.00 bits per heavy atom. The number of rotatable bonds is 4. The average molecular weight is 288 g/mol. The molecule has 2 rings (SSSR count). The van der Waals surface area contributed by atoms with E-state index in [1.165, 1.54) is 24.3 Å². The summed E-state index contributed by atoms with van der Waals surface area (Å²) in [5, 5.41) is 17.7. The third-order valence-corrected chi connectivity index (χ3v) is 3.21. The van der Waals surface area contributed by atoms with E-state index >= 15 is 0 Å². The summed E-state index contributed by atoms with van der Waals surface area (Å²) in [4.78, 5) is 22.2. The van der Waals surface area contributed by atoms with Gasteiger partial charge in [-0.3, -0.25) is 19.6 Å². The lowest BCUT2D eigenvalue weighted by Crippen LogP contribution is -2.26. The van der Waals surface area contributed by atoms with Crippen molar-refractivity contribution in [2.45, 2.75) is 19.9 Å². The Morgan fingerprint density at radius 3 is 2.48 bits per heavy atom. The maximum absolute atomic E-state index is 12.1. The topological polar surface area (TPSA) is 90.1 Å². The number of aromatic nitrogens is 2. The van der Waals surface area contributed by atoms with Gasteiger partial charge in [0.05, 0.1) is 16.7 Å². The van der Waals surface area contributed by atoms with Crippen LogP contribution in [0.3, 0.4) is 0 Å². The standard InChI is InChI=1S/C14H16N4O3/c1-9(13-8-17(3)16-10(13)2)15-14(19)11-4-6-12(7-5-11)18(20)21/h4-9H,1-3H3,(H,15,19). The molecule has 1 amide bonds. The van der Waals surface area contributed by atoms with Crippen molar-refractivity contribution in [2.24, 2.45) is 7.05 Å². The number of nitro groups is 1. The van der Waals surface area contributed by atoms with E-state index in [1.54, 1.807) is 4.68 Å². The maximum atomic E-state index is 12.1. The molecule has 0 saturated heterocycles. The second-order valence-electron chi connectivity index (χ2n) is 4.84. The van der Waals surface area contributed by atoms with Crippen LogP contribution < -0.4 is 5.32 Å². The van der Waals surface area contributed by atoms with Crippen LogP contribution in [0.15, 0.2) is 30.5 Å². The van der Waals surface area contributed by atoms with Gasteiger partial charge in [-0.25, -0.2) is 0 Å². The van der Waals surface area contributed by atoms with Crippen molar-refractivity contribution < 1.29 is 9.72 Å². The van der Waals surface area contributed by atoms with Crippen LogP contribution in [0.1, 0.15) is 34.6 Å². The molecule has 1 unspecified atom stereocenters. The second-order valence-corrected chi connectivity index (χ2v) is 4.84. The maximum Gasteiger partial charge on any atom is 0.269 e. The third-order valence-electron chi connectivity index (χ3n) is 3.21. The molecule has 21 heavy (non-hydrogen) atoms. The monoisotopic (exact) mass is 288 g/mol. The molecule has 1 N–H and O–H groups in total. The number of nitro benzene ring substituents is 1. The predicted molar refractivity (Wildman–Crippen MR) is 76.9 cm³/mol. The highest BCUT2D eigenvalue weighted by Crippen LogP contribution is 2.17. The fourth-order valence-electron chi connectivity index (χ4n) is 2.14. The number of benzene rings is 1. The Balaban J connectivity index is 2.10. The molecule has 7 nitrogen and oxygen atoms in total. The molecule has 110 valence electrons. The van der Waals surface area contributed by atoms with Crippen LogP contribution in [0.2, 0.25) is 0 Å². The van der Waals surface area contributed by atoms with Crippen molar-refractivity contribution in [2.75, 3.05) is 0 Å². The van der Waals surface area contributed by atoms with Gasteiger partial charge in [-0.1, -0.05) is 0 Å². The molecule has 1 aromatic heterocycles. The van der Waals surface area contributed by atoms with E-state index in [0.717, 1.165) is 11.3 Å². The number of amides is 1. The number of carbonyl (C=O) groups excluding carboxylic acids is 1. The molecule has 7 heteroatoms. The Hall–Kier alpha value is -2.70. The zero-order valence-corrected chi connectivity index (χ0v) is 12.0. The van der Waals surface area contributed by atoms with E-state index in [4.69, 9.17) is 0 Å². The lowest BCUT2D eigenvalue weighted by molar-refractivity contribution is -0.384. The van der Waals surface area contributed by atoms with E-state index in [0.29, 0.717) is 5.56 Å². The summed E-state index contributed by atoms with van der Waals surface area (Å²) in [6, 6.07) is 5.32. The molecule has 0 radical (unpaired) electrons. The smallest absolute Gasteiger partial charge is 0.269 e. The molecule has 0 fully saturated rings. The number of non-ortho nitro benzene ring substituents is 1. The number of hydrogen-bond acceptors (Lipinski definition) is 4. The number of carbonyl (C=O) groups is 1. The summed E-state index contributed by atoms with van der Waals surface area (Å²) >= 11 is 0. The zero-order valence-electron chi connectivity index (χ0n) is 12.0. The molecule has 0 bridgehead atoms. The summed E-state index contributed by atoms with van der Waals surface area (Å²) in [5.41, 5.74) is 2.14. The summed E-state index contributed by atoms with van der Waals surface area (Å²) in [5.74, 6) is -0.277. The van der Waals surface area contributed by atoms with Gasteiger partial charge in [-0.05, 0) is 26.0 Å². The molecule has 0 aliphatic carbocycles. The van der Waals surface area contributed by atoms with Gasteiger partial charge < -0.3 is 5.32 Å². The molecule has 1 heterocycles. The fraction of sp³-hybridized carbons (Fsp3) is 0.286. The summed E-state index contributed by atoms with van der Waals surface area (Å²) in [6.07, 6.45) is 1.86. The normalized spacial score (nSPS) is 12.0. The molecule has 0 aliphatic rings. The second kappa shape index (κ2) is 5.74. The molecular formula is C14H16N4O3. The van der Waals surface area contributed by atoms with E-state index in [1.807, 2.05) is 27.1 Å². The Morgan fingerprint density at radius 1 is 1.38 bits per heavy atom. The lowest BCUT2D eigenvalue weighted by atomic mass is 10.1. The first-order valence-corrected chi connectivity index (χ1v) is 6.44. The molecule has 1 atom stereocenters. The largest absolute Gasteiger partial charge is 0.345 e. The van der Waals surface area contributed by atoms with Crippen molar-refractivity contribution in [3.63, 3.8) is 0 Å². The van der Waals surface area contributed by atoms with Crippen molar-refractivity contribution in [3.8, 4) is 0 Å². The quantitative estimate of drug-likeness (QED) is 0.689. The average Bonchev–Trinajstić information content (AvgIpc) is 2.77. The van der Waals surface area contributed by atoms with Gasteiger partial charge in [-0.2, -0.15) is 5.10 Å². The van der Waals surface area contributed by atoms with E-state index < -0.39 is 4.92 Å². The molecular weight excluding hydrogens is 272 g/mol. The van der Waals surface area contributed by atoms with Gasteiger partial charge >= 0.3 is 0 Å². The zero-order chi connectivity index (χ0) is 15.6. The summed E-state index contributed by atoms with van der Waals surface area (Å²) in [6.45, 7) is 3.75. The third kappa shape index (κ3) is 3.25. The molecule has 0 saturated carbocycles. The van der Waals surface area contributed by atoms with Gasteiger partial charge in [-0.15, -0.1) is 0 Å². The first-order chi connectivity index (χ1) is 9.88. The highest BCUT2D eigenvalue weighted by Gasteiger charge is 2.16. The highest BCUT2D eigenvalue weighted by atomic mass is 16.6. The molecule has 0 spiro atoms. The van der Waals surface area contributed by atoms with Crippen molar-refractivity contribution in [1.29, 1.82) is 0 Å². The van der Waals surface area contributed by atoms with E-state index in [2.05, 4.69) is 10.4 Å². The first-order valence-electron chi connectivity index (χ1n) is 6.44. The Kier molecular flexibility index (Phi) is 4.02. The SMILES string of the molecule is Cc1nn(C)cc1C(C)NC(=O)c1ccc([N+](=O)[O-])cc1. The number of hydrogen-bond donors (Lipinski definition) is 1. The van der Waals surface area contributed by atoms with Gasteiger partial charge in [0.15, 0.2) is 0 Å². The van der Waals surface area contributed by atoms with Crippen LogP contribution in [0.4, 0.5) is 5.69 Å². The summed E-state index contributed by atoms with van der Waals surface area (Å²) in [7, 11) is 1.82. The molecule has 2 aromatic rings. The number of aryl methyl sites for hydroxylation is 2. The molecule has 0 aliphatic heterocycles. The van der Waals surface area contributed by atoms with E-state index in [-0.39, 0.29) is 17.6 Å². The first kappa shape index (κ1) is 14.7. The van der Waals surface area contributed by atoms with E-state index in [9.17, 15) is 14.9 Å². The number of nitrogens with one attached hydrogen (secondary N) is 1. The van der Waals surface area contributed by atoms with Crippen LogP contribution in [0.25, 0.3) is 0 Å². The van der Waals surface area contributed by atoms with Crippen LogP contribution in [-0.4, -0.2) is 20.6 Å². The highest BCUT2D eigenvalue weighted by molar-refractivity contribution is 5.94. The van der Waals surface area contributed by atoms with Crippen molar-refractivity contribution in [3.05, 3.63) is 57.4 Å². The van der Waals surface area contributed by atoms with Crippen LogP contribution in [0, 0.1) is 17.0 Å². The van der Waals surface area contributed by atoms with Crippen LogP contribution in [-0.2, 0) is 7.05 Å². The summed E-state index contributed by atoms with van der Waals surface area (Å²) < 4.78 is 1.69. The van der Waals surface area contributed by atoms with Gasteiger partial charge in [0, 0.05) is 36.5 Å². The Labute approximate surface area is 121 Å². The van der Waals surface area contributed by atoms with Gasteiger partial charge in [0.25, 0.3) is 11.6 Å². The van der Waals surface area contributed by atoms with Crippen molar-refractivity contribution >= 4 is 11.6 Å². The fourth-order valence-corrected chi connectivity index (χ4v) is 2.14. The minimum Gasteiger partial charge on any atom is -0.345 e. The number of nitrogens with zero attached hydrogens (tertiary/aromatic N) is 3. The minimum atomic E-state index is -0.497. The van der Waals surface area contributed by atoms with Gasteiger partial charge in [0.2, 0.25) is 0 Å². The lowest BCUT2D eigenvalue weighted by Gasteiger charge is -2.13. The van der Waals surface area contributed by atoms with Crippen molar-refractivity contribution in [1.82, 2.24) is 15.1 Å². The molecule has 1 aromatic carbocycles. The van der Waals surface area contributed by atoms with Crippen LogP contribution >= 0.6 is 0 Å².